The van der Waals surface area contributed by atoms with Gasteiger partial charge in [0.25, 0.3) is 5.56 Å². The number of fused-ring (bicyclic) bond motifs is 1. The molecule has 0 bridgehead atoms. The Labute approximate surface area is 117 Å². The Kier molecular flexibility index (Phi) is 2.77. The van der Waals surface area contributed by atoms with Gasteiger partial charge in [0.2, 0.25) is 0 Å². The lowest BCUT2D eigenvalue weighted by Gasteiger charge is -2.09. The second-order valence-electron chi connectivity index (χ2n) is 4.33. The highest BCUT2D eigenvalue weighted by atomic mass is 16.2. The van der Waals surface area contributed by atoms with Crippen molar-refractivity contribution in [2.45, 2.75) is 0 Å². The van der Waals surface area contributed by atoms with Gasteiger partial charge in [0.05, 0.1) is 16.6 Å². The number of anilines is 1. The van der Waals surface area contributed by atoms with E-state index in [1.807, 2.05) is 6.07 Å². The van der Waals surface area contributed by atoms with Crippen LogP contribution in [0.15, 0.2) is 46.0 Å². The van der Waals surface area contributed by atoms with Gasteiger partial charge in [-0.05, 0) is 18.2 Å². The van der Waals surface area contributed by atoms with E-state index in [1.54, 1.807) is 30.3 Å². The highest BCUT2D eigenvalue weighted by Crippen LogP contribution is 2.16. The summed E-state index contributed by atoms with van der Waals surface area (Å²) in [6.45, 7) is 0. The van der Waals surface area contributed by atoms with Crippen LogP contribution >= 0.6 is 0 Å². The average Bonchev–Trinajstić information content (AvgIpc) is 2.48. The fourth-order valence-corrected chi connectivity index (χ4v) is 2.08. The molecule has 0 aliphatic rings. The van der Waals surface area contributed by atoms with E-state index in [4.69, 9.17) is 11.0 Å². The van der Waals surface area contributed by atoms with Crippen LogP contribution < -0.4 is 17.0 Å². The number of hydrogen-bond donors (Lipinski definition) is 2. The number of nitrogens with two attached hydrogens (primary N) is 1. The topological polar surface area (TPSA) is 118 Å². The number of aromatic nitrogens is 3. The third-order valence-corrected chi connectivity index (χ3v) is 3.05. The van der Waals surface area contributed by atoms with Gasteiger partial charge in [0.15, 0.2) is 5.65 Å². The monoisotopic (exact) mass is 279 g/mol. The summed E-state index contributed by atoms with van der Waals surface area (Å²) in [5, 5.41) is 9.09. The van der Waals surface area contributed by atoms with Crippen LogP contribution in [0.25, 0.3) is 16.7 Å². The van der Waals surface area contributed by atoms with Gasteiger partial charge < -0.3 is 5.73 Å². The van der Waals surface area contributed by atoms with Gasteiger partial charge in [-0.25, -0.2) is 14.3 Å². The van der Waals surface area contributed by atoms with E-state index in [0.29, 0.717) is 5.69 Å². The Morgan fingerprint density at radius 2 is 1.95 bits per heavy atom. The van der Waals surface area contributed by atoms with Crippen molar-refractivity contribution >= 4 is 16.9 Å². The van der Waals surface area contributed by atoms with Gasteiger partial charge in [-0.15, -0.1) is 0 Å². The van der Waals surface area contributed by atoms with Crippen LogP contribution in [0.2, 0.25) is 0 Å². The maximum Gasteiger partial charge on any atom is 0.334 e. The van der Waals surface area contributed by atoms with E-state index in [0.717, 1.165) is 0 Å². The molecule has 2 aromatic heterocycles. The van der Waals surface area contributed by atoms with Crippen LogP contribution in [-0.4, -0.2) is 14.5 Å². The van der Waals surface area contributed by atoms with Crippen molar-refractivity contribution in [3.63, 3.8) is 0 Å². The van der Waals surface area contributed by atoms with E-state index in [9.17, 15) is 9.59 Å². The second kappa shape index (κ2) is 4.61. The summed E-state index contributed by atoms with van der Waals surface area (Å²) in [6, 6.07) is 11.9. The van der Waals surface area contributed by atoms with Gasteiger partial charge in [-0.2, -0.15) is 5.26 Å². The van der Waals surface area contributed by atoms with Crippen LogP contribution in [-0.2, 0) is 0 Å². The minimum absolute atomic E-state index is 0.0281. The summed E-state index contributed by atoms with van der Waals surface area (Å²) in [5.74, 6) is -0.0281. The molecule has 3 aromatic rings. The number of benzene rings is 1. The van der Waals surface area contributed by atoms with Crippen molar-refractivity contribution in [3.05, 3.63) is 62.8 Å². The molecule has 2 heterocycles. The molecular formula is C14H9N5O2. The first-order valence-corrected chi connectivity index (χ1v) is 6.03. The Morgan fingerprint density at radius 3 is 2.62 bits per heavy atom. The molecule has 0 spiro atoms. The molecule has 7 nitrogen and oxygen atoms in total. The predicted molar refractivity (Wildman–Crippen MR) is 77.1 cm³/mol. The summed E-state index contributed by atoms with van der Waals surface area (Å²) >= 11 is 0. The Bertz CT molecular complexity index is 996. The number of rotatable bonds is 1. The maximum absolute atomic E-state index is 12.1. The van der Waals surface area contributed by atoms with E-state index in [1.165, 1.54) is 10.6 Å². The first-order valence-electron chi connectivity index (χ1n) is 6.03. The third kappa shape index (κ3) is 1.95. The first kappa shape index (κ1) is 12.6. The van der Waals surface area contributed by atoms with Crippen molar-refractivity contribution < 1.29 is 0 Å². The van der Waals surface area contributed by atoms with Crippen molar-refractivity contribution in [3.8, 4) is 11.8 Å². The number of hydrogen-bond acceptors (Lipinski definition) is 5. The smallest absolute Gasteiger partial charge is 0.334 e. The lowest BCUT2D eigenvalue weighted by molar-refractivity contribution is 0.926. The Balaban J connectivity index is 2.52. The maximum atomic E-state index is 12.1. The van der Waals surface area contributed by atoms with Crippen LogP contribution in [0.5, 0.6) is 0 Å². The minimum atomic E-state index is -0.615. The van der Waals surface area contributed by atoms with Gasteiger partial charge in [0, 0.05) is 0 Å². The number of pyridine rings is 1. The molecule has 21 heavy (non-hydrogen) atoms. The molecular weight excluding hydrogens is 270 g/mol. The molecule has 0 aliphatic heterocycles. The Hall–Kier alpha value is -3.40. The zero-order chi connectivity index (χ0) is 15.0. The van der Waals surface area contributed by atoms with Crippen molar-refractivity contribution in [2.24, 2.45) is 0 Å². The molecule has 7 heteroatoms. The fraction of sp³-hybridized carbons (Fsp3) is 0. The van der Waals surface area contributed by atoms with Crippen LogP contribution in [0, 0.1) is 11.3 Å². The molecule has 0 fully saturated rings. The van der Waals surface area contributed by atoms with Crippen LogP contribution in [0.3, 0.4) is 0 Å². The predicted octanol–water partition coefficient (Wildman–Crippen LogP) is 0.528. The minimum Gasteiger partial charge on any atom is -0.383 e. The lowest BCUT2D eigenvalue weighted by atomic mass is 10.2. The van der Waals surface area contributed by atoms with E-state index >= 15 is 0 Å². The van der Waals surface area contributed by atoms with E-state index < -0.39 is 11.2 Å². The number of nitriles is 1. The van der Waals surface area contributed by atoms with Gasteiger partial charge in [0.1, 0.15) is 11.9 Å². The zero-order valence-corrected chi connectivity index (χ0v) is 10.7. The second-order valence-corrected chi connectivity index (χ2v) is 4.33. The third-order valence-electron chi connectivity index (χ3n) is 3.05. The number of nitrogens with one attached hydrogen (secondary N) is 1. The van der Waals surface area contributed by atoms with Crippen molar-refractivity contribution in [2.75, 3.05) is 5.73 Å². The fourth-order valence-electron chi connectivity index (χ4n) is 2.08. The van der Waals surface area contributed by atoms with Crippen molar-refractivity contribution in [1.82, 2.24) is 14.5 Å². The summed E-state index contributed by atoms with van der Waals surface area (Å²) in [5.41, 5.74) is 5.21. The highest BCUT2D eigenvalue weighted by molar-refractivity contribution is 5.80. The number of nitrogens with zero attached hydrogens (tertiary/aromatic N) is 3. The molecule has 102 valence electrons. The zero-order valence-electron chi connectivity index (χ0n) is 10.7. The molecule has 0 saturated heterocycles. The molecule has 3 N–H and O–H groups in total. The molecule has 0 radical (unpaired) electrons. The molecule has 3 rings (SSSR count). The van der Waals surface area contributed by atoms with Gasteiger partial charge >= 0.3 is 5.69 Å². The molecule has 0 aliphatic carbocycles. The molecule has 0 atom stereocenters. The standard InChI is InChI=1S/C14H9N5O2/c15-7-8-6-10-12(17-11(8)16)19(14(21)18-13(10)20)9-4-2-1-3-5-9/h1-6H,(H2,16,17)(H,18,20,21). The van der Waals surface area contributed by atoms with Crippen LogP contribution in [0.1, 0.15) is 5.56 Å². The molecule has 1 aromatic carbocycles. The van der Waals surface area contributed by atoms with Crippen LogP contribution in [0.4, 0.5) is 5.82 Å². The Morgan fingerprint density at radius 1 is 1.24 bits per heavy atom. The highest BCUT2D eigenvalue weighted by Gasteiger charge is 2.13. The van der Waals surface area contributed by atoms with Gasteiger partial charge in [-0.1, -0.05) is 18.2 Å². The summed E-state index contributed by atoms with van der Waals surface area (Å²) < 4.78 is 1.24. The normalized spacial score (nSPS) is 10.4. The SMILES string of the molecule is N#Cc1cc2c(=O)[nH]c(=O)n(-c3ccccc3)c2nc1N. The summed E-state index contributed by atoms with van der Waals surface area (Å²) in [7, 11) is 0. The quantitative estimate of drug-likeness (QED) is 0.673. The largest absolute Gasteiger partial charge is 0.383 e. The number of nitrogen functional groups attached to an aromatic ring is 1. The van der Waals surface area contributed by atoms with E-state index in [2.05, 4.69) is 9.97 Å². The first-order chi connectivity index (χ1) is 10.1. The summed E-state index contributed by atoms with van der Waals surface area (Å²) in [4.78, 5) is 30.2. The van der Waals surface area contributed by atoms with Crippen molar-refractivity contribution in [1.29, 1.82) is 5.26 Å². The molecule has 0 unspecified atom stereocenters. The lowest BCUT2D eigenvalue weighted by Crippen LogP contribution is -2.30. The number of para-hydroxylation sites is 1. The number of aromatic amines is 1. The molecule has 0 saturated carbocycles. The van der Waals surface area contributed by atoms with Gasteiger partial charge in [-0.3, -0.25) is 9.78 Å². The average molecular weight is 279 g/mol. The number of H-pyrrole nitrogens is 1. The molecule has 0 amide bonds. The van der Waals surface area contributed by atoms with E-state index in [-0.39, 0.29) is 22.4 Å². The summed E-state index contributed by atoms with van der Waals surface area (Å²) in [6.07, 6.45) is 0.